The van der Waals surface area contributed by atoms with Gasteiger partial charge in [0, 0.05) is 27.7 Å². The van der Waals surface area contributed by atoms with Crippen molar-refractivity contribution in [3.63, 3.8) is 0 Å². The summed E-state index contributed by atoms with van der Waals surface area (Å²) in [7, 11) is 0. The van der Waals surface area contributed by atoms with Crippen molar-refractivity contribution in [1.82, 2.24) is 0 Å². The molecule has 0 aliphatic carbocycles. The van der Waals surface area contributed by atoms with Crippen LogP contribution in [0.5, 0.6) is 0 Å². The van der Waals surface area contributed by atoms with Crippen molar-refractivity contribution >= 4 is 71.3 Å². The summed E-state index contributed by atoms with van der Waals surface area (Å²) in [6, 6.07) is 85.6. The lowest BCUT2D eigenvalue weighted by Crippen LogP contribution is -2.11. The number of para-hydroxylation sites is 1. The summed E-state index contributed by atoms with van der Waals surface area (Å²) in [5.74, 6) is 0. The lowest BCUT2D eigenvalue weighted by Gasteiger charge is -2.29. The smallest absolute Gasteiger partial charge is 0.136 e. The van der Waals surface area contributed by atoms with Crippen LogP contribution in [-0.4, -0.2) is 0 Å². The summed E-state index contributed by atoms with van der Waals surface area (Å²) in [5, 5.41) is 9.73. The minimum atomic E-state index is 0.895. The lowest BCUT2D eigenvalue weighted by molar-refractivity contribution is 0.669. The van der Waals surface area contributed by atoms with Crippen molar-refractivity contribution in [2.75, 3.05) is 4.90 Å². The Kier molecular flexibility index (Phi) is 8.53. The van der Waals surface area contributed by atoms with Gasteiger partial charge in [-0.1, -0.05) is 188 Å². The van der Waals surface area contributed by atoms with E-state index in [1.165, 1.54) is 49.0 Å². The Morgan fingerprint density at radius 3 is 1.58 bits per heavy atom. The fourth-order valence-electron chi connectivity index (χ4n) is 9.54. The monoisotopic (exact) mass is 789 g/mol. The molecular formula is C60H39NO. The first kappa shape index (κ1) is 35.7. The molecule has 0 atom stereocenters. The normalized spacial score (nSPS) is 11.5. The maximum atomic E-state index is 6.30. The molecule has 0 unspecified atom stereocenters. The molecule has 0 saturated heterocycles. The van der Waals surface area contributed by atoms with Gasteiger partial charge in [-0.25, -0.2) is 0 Å². The molecule has 0 N–H and O–H groups in total. The quantitative estimate of drug-likeness (QED) is 0.150. The minimum absolute atomic E-state index is 0.895. The molecule has 0 spiro atoms. The fraction of sp³-hybridized carbons (Fsp3) is 0. The molecule has 62 heavy (non-hydrogen) atoms. The Morgan fingerprint density at radius 2 is 0.806 bits per heavy atom. The first-order valence-corrected chi connectivity index (χ1v) is 21.2. The zero-order chi connectivity index (χ0) is 41.0. The van der Waals surface area contributed by atoms with E-state index in [9.17, 15) is 0 Å². The Hall–Kier alpha value is -8.20. The molecule has 0 amide bonds. The Bertz CT molecular complexity index is 3610. The molecule has 2 nitrogen and oxygen atoms in total. The van der Waals surface area contributed by atoms with Gasteiger partial charge in [-0.05, 0) is 120 Å². The highest BCUT2D eigenvalue weighted by atomic mass is 16.3. The summed E-state index contributed by atoms with van der Waals surface area (Å²) in [5.41, 5.74) is 14.4. The van der Waals surface area contributed by atoms with Crippen LogP contribution in [0.2, 0.25) is 0 Å². The van der Waals surface area contributed by atoms with Gasteiger partial charge < -0.3 is 9.32 Å². The van der Waals surface area contributed by atoms with Crippen molar-refractivity contribution in [1.29, 1.82) is 0 Å². The van der Waals surface area contributed by atoms with Crippen LogP contribution >= 0.6 is 0 Å². The van der Waals surface area contributed by atoms with Crippen molar-refractivity contribution in [3.8, 4) is 44.5 Å². The van der Waals surface area contributed by atoms with Gasteiger partial charge in [0.05, 0.1) is 5.69 Å². The molecule has 0 bridgehead atoms. The zero-order valence-corrected chi connectivity index (χ0v) is 33.9. The summed E-state index contributed by atoms with van der Waals surface area (Å²) < 4.78 is 6.30. The van der Waals surface area contributed by atoms with E-state index in [1.807, 2.05) is 12.1 Å². The van der Waals surface area contributed by atoms with E-state index in [4.69, 9.17) is 4.42 Å². The third kappa shape index (κ3) is 6.04. The number of hydrogen-bond acceptors (Lipinski definition) is 2. The highest BCUT2D eigenvalue weighted by Gasteiger charge is 2.21. The van der Waals surface area contributed by atoms with Crippen LogP contribution in [0.1, 0.15) is 0 Å². The summed E-state index contributed by atoms with van der Waals surface area (Å²) >= 11 is 0. The van der Waals surface area contributed by atoms with Crippen LogP contribution in [0.4, 0.5) is 17.1 Å². The van der Waals surface area contributed by atoms with E-state index in [1.54, 1.807) is 0 Å². The first-order valence-electron chi connectivity index (χ1n) is 21.2. The van der Waals surface area contributed by atoms with Crippen molar-refractivity contribution < 1.29 is 4.42 Å². The van der Waals surface area contributed by atoms with Gasteiger partial charge in [-0.2, -0.15) is 0 Å². The number of nitrogens with zero attached hydrogens (tertiary/aromatic N) is 1. The van der Waals surface area contributed by atoms with E-state index in [2.05, 4.69) is 229 Å². The number of benzene rings is 11. The fourth-order valence-corrected chi connectivity index (χ4v) is 9.54. The molecule has 0 saturated carbocycles. The summed E-state index contributed by atoms with van der Waals surface area (Å²) in [6.45, 7) is 0. The SMILES string of the molecule is c1ccc(-c2ccc(-c3cc4ccccc4c4ccccc34)cc2N(c2ccc(-c3cccc4ccccc34)cc2)c2ccc(-c3cccc4oc5ccccc5c34)cc2)cc1. The van der Waals surface area contributed by atoms with Crippen LogP contribution in [0, 0.1) is 0 Å². The molecule has 2 heteroatoms. The zero-order valence-electron chi connectivity index (χ0n) is 33.9. The van der Waals surface area contributed by atoms with Crippen LogP contribution in [-0.2, 0) is 0 Å². The molecule has 1 aromatic heterocycles. The van der Waals surface area contributed by atoms with Crippen LogP contribution < -0.4 is 4.90 Å². The number of hydrogen-bond donors (Lipinski definition) is 0. The molecule has 290 valence electrons. The second kappa shape index (κ2) is 14.8. The van der Waals surface area contributed by atoms with Crippen LogP contribution in [0.3, 0.4) is 0 Å². The largest absolute Gasteiger partial charge is 0.456 e. The van der Waals surface area contributed by atoms with Gasteiger partial charge in [-0.3, -0.25) is 0 Å². The Balaban J connectivity index is 1.07. The third-order valence-corrected chi connectivity index (χ3v) is 12.5. The maximum Gasteiger partial charge on any atom is 0.136 e. The summed E-state index contributed by atoms with van der Waals surface area (Å²) in [6.07, 6.45) is 0. The van der Waals surface area contributed by atoms with E-state index >= 15 is 0 Å². The molecule has 0 fully saturated rings. The molecule has 11 aromatic carbocycles. The van der Waals surface area contributed by atoms with Gasteiger partial charge >= 0.3 is 0 Å². The van der Waals surface area contributed by atoms with E-state index in [0.29, 0.717) is 0 Å². The van der Waals surface area contributed by atoms with Crippen molar-refractivity contribution in [2.45, 2.75) is 0 Å². The van der Waals surface area contributed by atoms with Crippen LogP contribution in [0.15, 0.2) is 241 Å². The van der Waals surface area contributed by atoms with Gasteiger partial charge in [0.1, 0.15) is 11.2 Å². The van der Waals surface area contributed by atoms with E-state index in [-0.39, 0.29) is 0 Å². The van der Waals surface area contributed by atoms with Gasteiger partial charge in [0.25, 0.3) is 0 Å². The molecule has 0 aliphatic heterocycles. The topological polar surface area (TPSA) is 16.4 Å². The first-order chi connectivity index (χ1) is 30.7. The average Bonchev–Trinajstić information content (AvgIpc) is 3.74. The van der Waals surface area contributed by atoms with Gasteiger partial charge in [0.2, 0.25) is 0 Å². The van der Waals surface area contributed by atoms with Gasteiger partial charge in [0.15, 0.2) is 0 Å². The molecule has 12 aromatic rings. The number of rotatable bonds is 7. The maximum absolute atomic E-state index is 6.30. The molecule has 1 heterocycles. The van der Waals surface area contributed by atoms with Crippen molar-refractivity contribution in [2.24, 2.45) is 0 Å². The third-order valence-electron chi connectivity index (χ3n) is 12.5. The molecular weight excluding hydrogens is 751 g/mol. The molecule has 12 rings (SSSR count). The predicted molar refractivity (Wildman–Crippen MR) is 263 cm³/mol. The second-order valence-corrected chi connectivity index (χ2v) is 16.0. The highest BCUT2D eigenvalue weighted by Crippen LogP contribution is 2.46. The minimum Gasteiger partial charge on any atom is -0.456 e. The van der Waals surface area contributed by atoms with E-state index in [0.717, 1.165) is 66.8 Å². The number of fused-ring (bicyclic) bond motifs is 7. The lowest BCUT2D eigenvalue weighted by atomic mass is 9.91. The Labute approximate surface area is 360 Å². The Morgan fingerprint density at radius 1 is 0.274 bits per heavy atom. The van der Waals surface area contributed by atoms with Crippen molar-refractivity contribution in [3.05, 3.63) is 237 Å². The standard InChI is InChI=1S/C60H39NO/c1-2-14-41(15-3-1)51-37-32-45(56-38-44-17-5-7-20-50(44)53-21-8-9-22-54(53)56)39-57(51)61(46-33-28-42(29-34-46)49-24-12-18-40-16-4-6-19-48(40)49)47-35-30-43(31-36-47)52-25-13-27-59-60(52)55-23-10-11-26-58(55)62-59/h1-39H. The van der Waals surface area contributed by atoms with E-state index < -0.39 is 0 Å². The number of anilines is 3. The molecule has 0 radical (unpaired) electrons. The summed E-state index contributed by atoms with van der Waals surface area (Å²) in [4.78, 5) is 2.43. The van der Waals surface area contributed by atoms with Crippen LogP contribution in [0.25, 0.3) is 98.8 Å². The van der Waals surface area contributed by atoms with Gasteiger partial charge in [-0.15, -0.1) is 0 Å². The second-order valence-electron chi connectivity index (χ2n) is 16.0. The predicted octanol–water partition coefficient (Wildman–Crippen LogP) is 17.2. The highest BCUT2D eigenvalue weighted by molar-refractivity contribution is 6.15. The average molecular weight is 790 g/mol. The number of furan rings is 1. The molecule has 0 aliphatic rings.